The first-order valence-corrected chi connectivity index (χ1v) is 8.62. The molecule has 1 unspecified atom stereocenters. The minimum absolute atomic E-state index is 0.0725. The second-order valence-corrected chi connectivity index (χ2v) is 6.53. The van der Waals surface area contributed by atoms with Crippen LogP contribution in [-0.4, -0.2) is 29.1 Å². The van der Waals surface area contributed by atoms with E-state index in [1.54, 1.807) is 31.2 Å². The number of piperidine rings is 1. The van der Waals surface area contributed by atoms with Gasteiger partial charge in [0.05, 0.1) is 11.3 Å². The largest absolute Gasteiger partial charge is 0.419 e. The van der Waals surface area contributed by atoms with Crippen molar-refractivity contribution in [2.24, 2.45) is 0 Å². The second-order valence-electron chi connectivity index (χ2n) is 6.53. The Balaban J connectivity index is 1.96. The van der Waals surface area contributed by atoms with Crippen molar-refractivity contribution in [3.8, 4) is 0 Å². The predicted molar refractivity (Wildman–Crippen MR) is 94.9 cm³/mol. The summed E-state index contributed by atoms with van der Waals surface area (Å²) in [5, 5.41) is 6.38. The lowest BCUT2D eigenvalue weighted by Gasteiger charge is -2.25. The van der Waals surface area contributed by atoms with Crippen LogP contribution in [0.15, 0.2) is 30.5 Å². The zero-order valence-corrected chi connectivity index (χ0v) is 14.5. The molecule has 2 heterocycles. The van der Waals surface area contributed by atoms with Crippen molar-refractivity contribution in [1.82, 2.24) is 15.3 Å². The van der Waals surface area contributed by atoms with Gasteiger partial charge in [-0.05, 0) is 31.0 Å². The molecule has 0 radical (unpaired) electrons. The molecule has 2 atom stereocenters. The number of nitrogen functional groups attached to an aromatic ring is 1. The van der Waals surface area contributed by atoms with E-state index in [0.29, 0.717) is 11.3 Å². The van der Waals surface area contributed by atoms with E-state index in [4.69, 9.17) is 5.73 Å². The normalized spacial score (nSPS) is 19.2. The van der Waals surface area contributed by atoms with Crippen LogP contribution in [-0.2, 0) is 6.18 Å². The summed E-state index contributed by atoms with van der Waals surface area (Å²) in [6, 6.07) is 7.00. The van der Waals surface area contributed by atoms with E-state index in [1.165, 1.54) is 0 Å². The number of aromatic nitrogens is 2. The van der Waals surface area contributed by atoms with Gasteiger partial charge in [-0.15, -0.1) is 0 Å². The number of anilines is 2. The molecule has 140 valence electrons. The van der Waals surface area contributed by atoms with Gasteiger partial charge in [-0.3, -0.25) is 0 Å². The van der Waals surface area contributed by atoms with Gasteiger partial charge in [0.15, 0.2) is 0 Å². The van der Waals surface area contributed by atoms with Crippen LogP contribution in [0.1, 0.15) is 42.5 Å². The fourth-order valence-corrected chi connectivity index (χ4v) is 3.22. The molecule has 0 spiro atoms. The first-order valence-electron chi connectivity index (χ1n) is 8.62. The van der Waals surface area contributed by atoms with Crippen LogP contribution in [0, 0.1) is 0 Å². The Bertz CT molecular complexity index is 757. The molecule has 26 heavy (non-hydrogen) atoms. The van der Waals surface area contributed by atoms with Gasteiger partial charge >= 0.3 is 6.18 Å². The second kappa shape index (κ2) is 7.49. The predicted octanol–water partition coefficient (Wildman–Crippen LogP) is 3.39. The molecule has 4 N–H and O–H groups in total. The van der Waals surface area contributed by atoms with Gasteiger partial charge in [0.1, 0.15) is 0 Å². The summed E-state index contributed by atoms with van der Waals surface area (Å²) in [5.74, 6) is -0.399. The number of alkyl halides is 3. The third kappa shape index (κ3) is 4.07. The number of rotatable bonds is 4. The zero-order chi connectivity index (χ0) is 18.7. The minimum atomic E-state index is -4.53. The number of nitrogens with one attached hydrogen (secondary N) is 2. The zero-order valence-electron chi connectivity index (χ0n) is 14.5. The molecular weight excluding hydrogens is 343 g/mol. The summed E-state index contributed by atoms with van der Waals surface area (Å²) in [6.07, 6.45) is -1.75. The maximum Gasteiger partial charge on any atom is 0.419 e. The molecule has 0 bridgehead atoms. The maximum absolute atomic E-state index is 13.5. The summed E-state index contributed by atoms with van der Waals surface area (Å²) >= 11 is 0. The Morgan fingerprint density at radius 3 is 2.73 bits per heavy atom. The van der Waals surface area contributed by atoms with Gasteiger partial charge in [0, 0.05) is 30.4 Å². The van der Waals surface area contributed by atoms with Crippen LogP contribution in [0.4, 0.5) is 24.8 Å². The highest BCUT2D eigenvalue weighted by Crippen LogP contribution is 2.37. The number of benzene rings is 1. The summed E-state index contributed by atoms with van der Waals surface area (Å²) in [4.78, 5) is 8.12. The quantitative estimate of drug-likeness (QED) is 0.724. The molecule has 1 aromatic heterocycles. The molecule has 1 saturated heterocycles. The summed E-state index contributed by atoms with van der Waals surface area (Å²) in [6.45, 7) is 3.36. The lowest BCUT2D eigenvalue weighted by molar-refractivity contribution is -0.138. The van der Waals surface area contributed by atoms with Gasteiger partial charge in [-0.2, -0.15) is 13.2 Å². The fraction of sp³-hybridized carbons (Fsp3) is 0.444. The van der Waals surface area contributed by atoms with E-state index in [2.05, 4.69) is 20.6 Å². The third-order valence-electron chi connectivity index (χ3n) is 4.63. The SMILES string of the molecule is CC(c1ccccc1N)c1nc(N[C@H]2CCCNC2)ncc1C(F)(F)F. The Morgan fingerprint density at radius 1 is 1.31 bits per heavy atom. The summed E-state index contributed by atoms with van der Waals surface area (Å²) in [7, 11) is 0. The lowest BCUT2D eigenvalue weighted by Crippen LogP contribution is -2.39. The highest BCUT2D eigenvalue weighted by molar-refractivity contribution is 5.52. The highest BCUT2D eigenvalue weighted by atomic mass is 19.4. The maximum atomic E-state index is 13.5. The Kier molecular flexibility index (Phi) is 5.31. The molecule has 0 amide bonds. The Hall–Kier alpha value is -2.35. The average Bonchev–Trinajstić information content (AvgIpc) is 2.61. The van der Waals surface area contributed by atoms with E-state index < -0.39 is 17.7 Å². The number of hydrogen-bond acceptors (Lipinski definition) is 5. The summed E-state index contributed by atoms with van der Waals surface area (Å²) in [5.41, 5.74) is 6.11. The highest BCUT2D eigenvalue weighted by Gasteiger charge is 2.37. The van der Waals surface area contributed by atoms with E-state index in [9.17, 15) is 13.2 Å². The topological polar surface area (TPSA) is 75.9 Å². The van der Waals surface area contributed by atoms with E-state index in [0.717, 1.165) is 32.1 Å². The van der Waals surface area contributed by atoms with Crippen LogP contribution in [0.2, 0.25) is 0 Å². The van der Waals surface area contributed by atoms with Gasteiger partial charge in [-0.25, -0.2) is 9.97 Å². The molecule has 8 heteroatoms. The van der Waals surface area contributed by atoms with Crippen LogP contribution >= 0.6 is 0 Å². The smallest absolute Gasteiger partial charge is 0.398 e. The molecule has 0 aliphatic carbocycles. The fourth-order valence-electron chi connectivity index (χ4n) is 3.22. The van der Waals surface area contributed by atoms with Crippen LogP contribution in [0.3, 0.4) is 0 Å². The molecule has 0 saturated carbocycles. The van der Waals surface area contributed by atoms with E-state index in [-0.39, 0.29) is 17.7 Å². The summed E-state index contributed by atoms with van der Waals surface area (Å²) < 4.78 is 40.4. The van der Waals surface area contributed by atoms with E-state index >= 15 is 0 Å². The first-order chi connectivity index (χ1) is 12.4. The standard InChI is InChI=1S/C18H22F3N5/c1-11(13-6-2-3-7-15(13)22)16-14(18(19,20)21)10-24-17(26-16)25-12-5-4-8-23-9-12/h2-3,6-7,10-12,23H,4-5,8-9,22H2,1H3,(H,24,25,26)/t11?,12-/m0/s1. The van der Waals surface area contributed by atoms with Crippen LogP contribution in [0.5, 0.6) is 0 Å². The van der Waals surface area contributed by atoms with Gasteiger partial charge in [0.2, 0.25) is 5.95 Å². The minimum Gasteiger partial charge on any atom is -0.398 e. The lowest BCUT2D eigenvalue weighted by atomic mass is 9.93. The van der Waals surface area contributed by atoms with Crippen molar-refractivity contribution in [3.05, 3.63) is 47.3 Å². The Morgan fingerprint density at radius 2 is 2.08 bits per heavy atom. The molecule has 3 rings (SSSR count). The van der Waals surface area contributed by atoms with Crippen molar-refractivity contribution in [2.75, 3.05) is 24.1 Å². The number of halogens is 3. The van der Waals surface area contributed by atoms with Crippen molar-refractivity contribution in [3.63, 3.8) is 0 Å². The van der Waals surface area contributed by atoms with Gasteiger partial charge < -0.3 is 16.4 Å². The van der Waals surface area contributed by atoms with Crippen LogP contribution in [0.25, 0.3) is 0 Å². The van der Waals surface area contributed by atoms with Crippen LogP contribution < -0.4 is 16.4 Å². The number of nitrogens with zero attached hydrogens (tertiary/aromatic N) is 2. The number of para-hydroxylation sites is 1. The van der Waals surface area contributed by atoms with E-state index in [1.807, 2.05) is 0 Å². The molecule has 5 nitrogen and oxygen atoms in total. The molecule has 1 aliphatic heterocycles. The van der Waals surface area contributed by atoms with Crippen molar-refractivity contribution in [2.45, 2.75) is 37.9 Å². The van der Waals surface area contributed by atoms with Gasteiger partial charge in [0.25, 0.3) is 0 Å². The van der Waals surface area contributed by atoms with Crippen molar-refractivity contribution in [1.29, 1.82) is 0 Å². The third-order valence-corrected chi connectivity index (χ3v) is 4.63. The molecule has 2 aromatic rings. The molecule has 1 aromatic carbocycles. The molecule has 1 aliphatic rings. The average molecular weight is 365 g/mol. The number of nitrogens with two attached hydrogens (primary N) is 1. The molecule has 1 fully saturated rings. The monoisotopic (exact) mass is 365 g/mol. The van der Waals surface area contributed by atoms with Gasteiger partial charge in [-0.1, -0.05) is 25.1 Å². The Labute approximate surface area is 150 Å². The molecular formula is C18H22F3N5. The van der Waals surface area contributed by atoms with Crippen molar-refractivity contribution < 1.29 is 13.2 Å². The first kappa shape index (κ1) is 18.4. The number of hydrogen-bond donors (Lipinski definition) is 3. The van der Waals surface area contributed by atoms with Crippen molar-refractivity contribution >= 4 is 11.6 Å².